The van der Waals surface area contributed by atoms with Crippen molar-refractivity contribution in [2.75, 3.05) is 26.2 Å². The van der Waals surface area contributed by atoms with Gasteiger partial charge in [-0.05, 0) is 56.5 Å². The number of nitrogens with zero attached hydrogens (tertiary/aromatic N) is 1. The Hall–Kier alpha value is -0.910. The lowest BCUT2D eigenvalue weighted by molar-refractivity contribution is 0.269. The molecule has 1 aromatic rings. The first kappa shape index (κ1) is 23.1. The molecule has 0 aliphatic carbocycles. The maximum atomic E-state index is 12.5. The summed E-state index contributed by atoms with van der Waals surface area (Å²) >= 11 is 0. The van der Waals surface area contributed by atoms with Crippen LogP contribution in [-0.4, -0.2) is 39.5 Å². The first-order chi connectivity index (χ1) is 12.5. The van der Waals surface area contributed by atoms with Crippen LogP contribution < -0.4 is 4.72 Å². The summed E-state index contributed by atoms with van der Waals surface area (Å²) in [4.78, 5) is 2.73. The van der Waals surface area contributed by atoms with Crippen molar-refractivity contribution < 1.29 is 8.42 Å². The number of nitrogens with one attached hydrogen (secondary N) is 1. The van der Waals surface area contributed by atoms with Crippen LogP contribution in [0.5, 0.6) is 0 Å². The zero-order chi connectivity index (χ0) is 19.3. The van der Waals surface area contributed by atoms with Crippen molar-refractivity contribution in [3.8, 4) is 0 Å². The van der Waals surface area contributed by atoms with Crippen molar-refractivity contribution in [3.63, 3.8) is 0 Å². The van der Waals surface area contributed by atoms with E-state index in [1.165, 1.54) is 31.2 Å². The molecular formula is C21H38N2O2S. The van der Waals surface area contributed by atoms with Gasteiger partial charge in [-0.15, -0.1) is 0 Å². The van der Waals surface area contributed by atoms with E-state index in [-0.39, 0.29) is 0 Å². The quantitative estimate of drug-likeness (QED) is 0.451. The summed E-state index contributed by atoms with van der Waals surface area (Å²) in [5.41, 5.74) is 1.21. The standard InChI is InChI=1S/C21H38N2O2S/c1-4-7-10-11-20-12-14-21(15-13-20)26(24,25)22-16-19-23(17-8-5-2)18-9-6-3/h12-15,22H,4-11,16-19H2,1-3H3. The summed E-state index contributed by atoms with van der Waals surface area (Å²) in [5.74, 6) is 0. The highest BCUT2D eigenvalue weighted by Crippen LogP contribution is 2.13. The molecule has 0 spiro atoms. The maximum Gasteiger partial charge on any atom is 0.240 e. The topological polar surface area (TPSA) is 49.4 Å². The molecule has 0 heterocycles. The Morgan fingerprint density at radius 3 is 1.92 bits per heavy atom. The molecule has 26 heavy (non-hydrogen) atoms. The fraction of sp³-hybridized carbons (Fsp3) is 0.714. The number of hydrogen-bond donors (Lipinski definition) is 1. The lowest BCUT2D eigenvalue weighted by Crippen LogP contribution is -2.36. The van der Waals surface area contributed by atoms with Crippen molar-refractivity contribution in [1.82, 2.24) is 9.62 Å². The summed E-state index contributed by atoms with van der Waals surface area (Å²) in [5, 5.41) is 0. The predicted octanol–water partition coefficient (Wildman–Crippen LogP) is 4.60. The number of hydrogen-bond acceptors (Lipinski definition) is 3. The molecule has 0 radical (unpaired) electrons. The number of unbranched alkanes of at least 4 members (excludes halogenated alkanes) is 4. The fourth-order valence-corrected chi connectivity index (χ4v) is 3.96. The second kappa shape index (κ2) is 13.3. The molecule has 0 atom stereocenters. The minimum Gasteiger partial charge on any atom is -0.302 e. The minimum absolute atomic E-state index is 0.366. The van der Waals surface area contributed by atoms with Gasteiger partial charge in [0.15, 0.2) is 0 Å². The van der Waals surface area contributed by atoms with E-state index in [0.717, 1.165) is 45.3 Å². The van der Waals surface area contributed by atoms with Gasteiger partial charge in [0.05, 0.1) is 4.90 Å². The predicted molar refractivity (Wildman–Crippen MR) is 111 cm³/mol. The van der Waals surface area contributed by atoms with Gasteiger partial charge in [0.25, 0.3) is 0 Å². The number of aryl methyl sites for hydroxylation is 1. The minimum atomic E-state index is -3.42. The Morgan fingerprint density at radius 1 is 0.808 bits per heavy atom. The molecule has 0 fully saturated rings. The van der Waals surface area contributed by atoms with Crippen LogP contribution in [0.2, 0.25) is 0 Å². The molecule has 0 aliphatic heterocycles. The molecule has 1 N–H and O–H groups in total. The zero-order valence-electron chi connectivity index (χ0n) is 17.0. The average Bonchev–Trinajstić information content (AvgIpc) is 2.64. The van der Waals surface area contributed by atoms with Crippen LogP contribution in [0.25, 0.3) is 0 Å². The zero-order valence-corrected chi connectivity index (χ0v) is 17.8. The van der Waals surface area contributed by atoms with E-state index in [4.69, 9.17) is 0 Å². The van der Waals surface area contributed by atoms with Crippen molar-refractivity contribution >= 4 is 10.0 Å². The monoisotopic (exact) mass is 382 g/mol. The summed E-state index contributed by atoms with van der Waals surface area (Å²) in [6.45, 7) is 9.89. The Labute approximate surface area is 161 Å². The van der Waals surface area contributed by atoms with Crippen LogP contribution in [0.15, 0.2) is 29.2 Å². The van der Waals surface area contributed by atoms with Gasteiger partial charge in [-0.3, -0.25) is 0 Å². The summed E-state index contributed by atoms with van der Waals surface area (Å²) in [6, 6.07) is 7.35. The van der Waals surface area contributed by atoms with Crippen molar-refractivity contribution in [2.24, 2.45) is 0 Å². The van der Waals surface area contributed by atoms with Gasteiger partial charge >= 0.3 is 0 Å². The van der Waals surface area contributed by atoms with Crippen LogP contribution in [0.1, 0.15) is 71.3 Å². The van der Waals surface area contributed by atoms with Crippen molar-refractivity contribution in [3.05, 3.63) is 29.8 Å². The van der Waals surface area contributed by atoms with E-state index in [1.54, 1.807) is 12.1 Å². The second-order valence-electron chi connectivity index (χ2n) is 7.05. The number of benzene rings is 1. The smallest absolute Gasteiger partial charge is 0.240 e. The Kier molecular flexibility index (Phi) is 11.8. The first-order valence-corrected chi connectivity index (χ1v) is 11.8. The van der Waals surface area contributed by atoms with Gasteiger partial charge in [-0.1, -0.05) is 58.6 Å². The van der Waals surface area contributed by atoms with Crippen LogP contribution in [-0.2, 0) is 16.4 Å². The molecule has 1 aromatic carbocycles. The summed E-state index contributed by atoms with van der Waals surface area (Å²) < 4.78 is 27.7. The molecule has 5 heteroatoms. The molecule has 0 aliphatic rings. The molecule has 150 valence electrons. The number of sulfonamides is 1. The van der Waals surface area contributed by atoms with Gasteiger partial charge in [-0.25, -0.2) is 13.1 Å². The van der Waals surface area contributed by atoms with Crippen LogP contribution >= 0.6 is 0 Å². The van der Waals surface area contributed by atoms with Crippen molar-refractivity contribution in [1.29, 1.82) is 0 Å². The van der Waals surface area contributed by atoms with E-state index < -0.39 is 10.0 Å². The van der Waals surface area contributed by atoms with E-state index in [2.05, 4.69) is 30.4 Å². The Balaban J connectivity index is 2.51. The van der Waals surface area contributed by atoms with Gasteiger partial charge in [0.2, 0.25) is 10.0 Å². The molecular weight excluding hydrogens is 344 g/mol. The largest absolute Gasteiger partial charge is 0.302 e. The Morgan fingerprint density at radius 2 is 1.38 bits per heavy atom. The highest BCUT2D eigenvalue weighted by atomic mass is 32.2. The normalized spacial score (nSPS) is 12.0. The summed E-state index contributed by atoms with van der Waals surface area (Å²) in [6.07, 6.45) is 9.25. The maximum absolute atomic E-state index is 12.5. The van der Waals surface area contributed by atoms with Crippen molar-refractivity contribution in [2.45, 2.75) is 77.0 Å². The Bertz CT molecular complexity index is 562. The summed E-state index contributed by atoms with van der Waals surface area (Å²) in [7, 11) is -3.42. The molecule has 0 amide bonds. The molecule has 0 aromatic heterocycles. The highest BCUT2D eigenvalue weighted by molar-refractivity contribution is 7.89. The lowest BCUT2D eigenvalue weighted by Gasteiger charge is -2.22. The highest BCUT2D eigenvalue weighted by Gasteiger charge is 2.14. The van der Waals surface area contributed by atoms with Crippen LogP contribution in [0.3, 0.4) is 0 Å². The number of rotatable bonds is 15. The second-order valence-corrected chi connectivity index (χ2v) is 8.81. The molecule has 0 unspecified atom stereocenters. The van der Waals surface area contributed by atoms with E-state index in [9.17, 15) is 8.42 Å². The average molecular weight is 383 g/mol. The van der Waals surface area contributed by atoms with Gasteiger partial charge in [0, 0.05) is 13.1 Å². The molecule has 1 rings (SSSR count). The molecule has 4 nitrogen and oxygen atoms in total. The fourth-order valence-electron chi connectivity index (χ4n) is 2.93. The van der Waals surface area contributed by atoms with Gasteiger partial charge in [-0.2, -0.15) is 0 Å². The van der Waals surface area contributed by atoms with E-state index in [0.29, 0.717) is 11.4 Å². The molecule has 0 saturated heterocycles. The SMILES string of the molecule is CCCCCc1ccc(S(=O)(=O)NCCN(CCCC)CCCC)cc1. The van der Waals surface area contributed by atoms with E-state index in [1.807, 2.05) is 12.1 Å². The van der Waals surface area contributed by atoms with Gasteiger partial charge < -0.3 is 4.90 Å². The first-order valence-electron chi connectivity index (χ1n) is 10.3. The van der Waals surface area contributed by atoms with Crippen LogP contribution in [0, 0.1) is 0 Å². The molecule has 0 bridgehead atoms. The van der Waals surface area contributed by atoms with Gasteiger partial charge in [0.1, 0.15) is 0 Å². The third-order valence-electron chi connectivity index (χ3n) is 4.68. The molecule has 0 saturated carbocycles. The third-order valence-corrected chi connectivity index (χ3v) is 6.16. The van der Waals surface area contributed by atoms with E-state index >= 15 is 0 Å². The third kappa shape index (κ3) is 9.15. The van der Waals surface area contributed by atoms with Crippen LogP contribution in [0.4, 0.5) is 0 Å². The lowest BCUT2D eigenvalue weighted by atomic mass is 10.1.